The summed E-state index contributed by atoms with van der Waals surface area (Å²) in [4.78, 5) is 0. The van der Waals surface area contributed by atoms with Crippen molar-refractivity contribution in [3.8, 4) is 11.5 Å². The summed E-state index contributed by atoms with van der Waals surface area (Å²) in [5.74, 6) is 1.01. The smallest absolute Gasteiger partial charge is 0.166 e. The molecule has 2 aromatic carbocycles. The Hall–Kier alpha value is -1.59. The molecule has 0 aromatic heterocycles. The molecular formula is C16H17BrFNO2. The molecule has 0 unspecified atom stereocenters. The second-order valence-electron chi connectivity index (χ2n) is 4.42. The minimum atomic E-state index is -0.295. The first-order chi connectivity index (χ1) is 10.2. The zero-order valence-electron chi connectivity index (χ0n) is 11.7. The van der Waals surface area contributed by atoms with E-state index < -0.39 is 0 Å². The molecule has 0 aliphatic rings. The Morgan fingerprint density at radius 1 is 1.19 bits per heavy atom. The van der Waals surface area contributed by atoms with Gasteiger partial charge in [-0.15, -0.1) is 0 Å². The molecule has 0 saturated carbocycles. The van der Waals surface area contributed by atoms with Crippen LogP contribution in [-0.2, 0) is 13.2 Å². The van der Waals surface area contributed by atoms with Crippen molar-refractivity contribution < 1.29 is 13.9 Å². The number of rotatable bonds is 6. The first kappa shape index (κ1) is 15.8. The molecule has 0 amide bonds. The first-order valence-electron chi connectivity index (χ1n) is 6.67. The van der Waals surface area contributed by atoms with Crippen LogP contribution in [0.1, 0.15) is 18.1 Å². The Morgan fingerprint density at radius 2 is 2.00 bits per heavy atom. The van der Waals surface area contributed by atoms with Gasteiger partial charge in [-0.2, -0.15) is 0 Å². The van der Waals surface area contributed by atoms with Gasteiger partial charge < -0.3 is 15.2 Å². The number of para-hydroxylation sites is 1. The zero-order valence-corrected chi connectivity index (χ0v) is 13.3. The average Bonchev–Trinajstić information content (AvgIpc) is 2.49. The van der Waals surface area contributed by atoms with Gasteiger partial charge in [0, 0.05) is 12.1 Å². The van der Waals surface area contributed by atoms with Crippen LogP contribution in [0.5, 0.6) is 11.5 Å². The molecule has 0 saturated heterocycles. The van der Waals surface area contributed by atoms with Crippen molar-refractivity contribution in [3.05, 3.63) is 57.8 Å². The van der Waals surface area contributed by atoms with Crippen LogP contribution in [0, 0.1) is 5.82 Å². The van der Waals surface area contributed by atoms with Crippen LogP contribution in [0.15, 0.2) is 40.9 Å². The van der Waals surface area contributed by atoms with Gasteiger partial charge in [0.1, 0.15) is 12.4 Å². The molecule has 2 N–H and O–H groups in total. The van der Waals surface area contributed by atoms with Gasteiger partial charge in [-0.3, -0.25) is 0 Å². The number of hydrogen-bond donors (Lipinski definition) is 1. The van der Waals surface area contributed by atoms with E-state index in [1.54, 1.807) is 12.1 Å². The van der Waals surface area contributed by atoms with Crippen molar-refractivity contribution in [2.45, 2.75) is 20.1 Å². The van der Waals surface area contributed by atoms with Crippen LogP contribution < -0.4 is 15.2 Å². The van der Waals surface area contributed by atoms with E-state index in [-0.39, 0.29) is 5.82 Å². The Bertz CT molecular complexity index is 619. The third-order valence-electron chi connectivity index (χ3n) is 2.95. The van der Waals surface area contributed by atoms with Crippen molar-refractivity contribution in [1.29, 1.82) is 0 Å². The quantitative estimate of drug-likeness (QED) is 0.852. The van der Waals surface area contributed by atoms with Crippen LogP contribution in [0.25, 0.3) is 0 Å². The monoisotopic (exact) mass is 353 g/mol. The van der Waals surface area contributed by atoms with Gasteiger partial charge in [0.2, 0.25) is 0 Å². The molecule has 21 heavy (non-hydrogen) atoms. The maximum Gasteiger partial charge on any atom is 0.166 e. The third kappa shape index (κ3) is 3.95. The summed E-state index contributed by atoms with van der Waals surface area (Å²) >= 11 is 3.16. The topological polar surface area (TPSA) is 44.5 Å². The fraction of sp³-hybridized carbons (Fsp3) is 0.250. The maximum absolute atomic E-state index is 13.2. The number of benzene rings is 2. The third-order valence-corrected chi connectivity index (χ3v) is 3.56. The van der Waals surface area contributed by atoms with E-state index in [0.717, 1.165) is 11.1 Å². The van der Waals surface area contributed by atoms with Gasteiger partial charge >= 0.3 is 0 Å². The van der Waals surface area contributed by atoms with Gasteiger partial charge in [0.05, 0.1) is 11.1 Å². The highest BCUT2D eigenvalue weighted by atomic mass is 79.9. The Balaban J connectivity index is 2.20. The number of nitrogens with two attached hydrogens (primary N) is 1. The lowest BCUT2D eigenvalue weighted by Crippen LogP contribution is -2.05. The summed E-state index contributed by atoms with van der Waals surface area (Å²) in [5, 5.41) is 0. The maximum atomic E-state index is 13.2. The molecular weight excluding hydrogens is 337 g/mol. The molecule has 2 aromatic rings. The zero-order chi connectivity index (χ0) is 15.2. The summed E-state index contributed by atoms with van der Waals surface area (Å²) < 4.78 is 25.0. The molecule has 0 spiro atoms. The Labute approximate surface area is 132 Å². The first-order valence-corrected chi connectivity index (χ1v) is 7.46. The van der Waals surface area contributed by atoms with Crippen LogP contribution in [0.4, 0.5) is 4.39 Å². The van der Waals surface area contributed by atoms with E-state index in [1.807, 2.05) is 25.1 Å². The second-order valence-corrected chi connectivity index (χ2v) is 5.27. The fourth-order valence-electron chi connectivity index (χ4n) is 1.94. The van der Waals surface area contributed by atoms with E-state index >= 15 is 0 Å². The highest BCUT2D eigenvalue weighted by Crippen LogP contribution is 2.32. The molecule has 0 atom stereocenters. The Kier molecular flexibility index (Phi) is 5.59. The molecule has 0 heterocycles. The van der Waals surface area contributed by atoms with E-state index in [0.29, 0.717) is 35.7 Å². The van der Waals surface area contributed by atoms with Crippen LogP contribution >= 0.6 is 15.9 Å². The van der Waals surface area contributed by atoms with Gasteiger partial charge in [-0.1, -0.05) is 18.2 Å². The van der Waals surface area contributed by atoms with Crippen LogP contribution in [-0.4, -0.2) is 6.61 Å². The normalized spacial score (nSPS) is 10.5. The van der Waals surface area contributed by atoms with Gasteiger partial charge in [-0.25, -0.2) is 4.39 Å². The Morgan fingerprint density at radius 3 is 2.67 bits per heavy atom. The van der Waals surface area contributed by atoms with Gasteiger partial charge in [0.15, 0.2) is 11.5 Å². The van der Waals surface area contributed by atoms with Gasteiger partial charge in [0.25, 0.3) is 0 Å². The molecule has 0 radical (unpaired) electrons. The second kappa shape index (κ2) is 7.43. The lowest BCUT2D eigenvalue weighted by Gasteiger charge is -2.15. The predicted molar refractivity (Wildman–Crippen MR) is 83.9 cm³/mol. The SMILES string of the molecule is CCOc1cccc(CN)c1OCc1ccc(F)c(Br)c1. The van der Waals surface area contributed by atoms with Crippen molar-refractivity contribution in [1.82, 2.24) is 0 Å². The van der Waals surface area contributed by atoms with Crippen LogP contribution in [0.3, 0.4) is 0 Å². The minimum absolute atomic E-state index is 0.295. The lowest BCUT2D eigenvalue weighted by atomic mass is 10.2. The summed E-state index contributed by atoms with van der Waals surface area (Å²) in [6.07, 6.45) is 0. The lowest BCUT2D eigenvalue weighted by molar-refractivity contribution is 0.266. The molecule has 0 bridgehead atoms. The molecule has 0 aliphatic carbocycles. The van der Waals surface area contributed by atoms with Crippen molar-refractivity contribution in [3.63, 3.8) is 0 Å². The molecule has 5 heteroatoms. The minimum Gasteiger partial charge on any atom is -0.490 e. The van der Waals surface area contributed by atoms with Crippen LogP contribution in [0.2, 0.25) is 0 Å². The van der Waals surface area contributed by atoms with E-state index in [1.165, 1.54) is 6.07 Å². The standard InChI is InChI=1S/C16H17BrFNO2/c1-2-20-15-5-3-4-12(9-19)16(15)21-10-11-6-7-14(18)13(17)8-11/h3-8H,2,9-10,19H2,1H3. The van der Waals surface area contributed by atoms with Crippen molar-refractivity contribution >= 4 is 15.9 Å². The predicted octanol–water partition coefficient (Wildman–Crippen LogP) is 4.02. The van der Waals surface area contributed by atoms with Gasteiger partial charge in [-0.05, 0) is 46.6 Å². The van der Waals surface area contributed by atoms with E-state index in [9.17, 15) is 4.39 Å². The number of ether oxygens (including phenoxy) is 2. The summed E-state index contributed by atoms with van der Waals surface area (Å²) in [6.45, 7) is 3.14. The molecule has 0 fully saturated rings. The van der Waals surface area contributed by atoms with Crippen molar-refractivity contribution in [2.75, 3.05) is 6.61 Å². The molecule has 0 aliphatic heterocycles. The number of hydrogen-bond acceptors (Lipinski definition) is 3. The molecule has 112 valence electrons. The summed E-state index contributed by atoms with van der Waals surface area (Å²) in [5.41, 5.74) is 7.47. The largest absolute Gasteiger partial charge is 0.490 e. The number of halogens is 2. The van der Waals surface area contributed by atoms with E-state index in [4.69, 9.17) is 15.2 Å². The highest BCUT2D eigenvalue weighted by Gasteiger charge is 2.10. The van der Waals surface area contributed by atoms with Crippen molar-refractivity contribution in [2.24, 2.45) is 5.73 Å². The average molecular weight is 354 g/mol. The van der Waals surface area contributed by atoms with E-state index in [2.05, 4.69) is 15.9 Å². The summed E-state index contributed by atoms with van der Waals surface area (Å²) in [7, 11) is 0. The summed E-state index contributed by atoms with van der Waals surface area (Å²) in [6, 6.07) is 10.4. The highest BCUT2D eigenvalue weighted by molar-refractivity contribution is 9.10. The molecule has 2 rings (SSSR count). The fourth-order valence-corrected chi connectivity index (χ4v) is 2.37. The molecule has 3 nitrogen and oxygen atoms in total.